The topological polar surface area (TPSA) is 106 Å². The van der Waals surface area contributed by atoms with Crippen LogP contribution in [0, 0.1) is 6.92 Å². The first-order valence-electron chi connectivity index (χ1n) is 7.18. The van der Waals surface area contributed by atoms with E-state index in [-0.39, 0.29) is 21.9 Å². The molecule has 3 N–H and O–H groups in total. The summed E-state index contributed by atoms with van der Waals surface area (Å²) < 4.78 is 51.0. The van der Waals surface area contributed by atoms with Crippen LogP contribution < -0.4 is 10.5 Å². The van der Waals surface area contributed by atoms with Crippen LogP contribution >= 0.6 is 0 Å². The molecule has 0 aromatic heterocycles. The molecule has 0 heterocycles. The highest BCUT2D eigenvalue weighted by molar-refractivity contribution is 7.91. The van der Waals surface area contributed by atoms with Crippen LogP contribution in [0.1, 0.15) is 31.2 Å². The van der Waals surface area contributed by atoms with Crippen molar-refractivity contribution in [2.75, 3.05) is 6.26 Å². The number of sulfonamides is 1. The summed E-state index contributed by atoms with van der Waals surface area (Å²) in [6, 6.07) is 4.15. The molecule has 0 bridgehead atoms. The quantitative estimate of drug-likeness (QED) is 0.844. The zero-order chi connectivity index (χ0) is 16.5. The molecule has 124 valence electrons. The maximum atomic E-state index is 12.5. The number of sulfone groups is 1. The number of hydrogen-bond acceptors (Lipinski definition) is 5. The van der Waals surface area contributed by atoms with Gasteiger partial charge in [-0.25, -0.2) is 21.6 Å². The molecule has 22 heavy (non-hydrogen) atoms. The smallest absolute Gasteiger partial charge is 0.241 e. The van der Waals surface area contributed by atoms with E-state index in [1.54, 1.807) is 6.92 Å². The minimum Gasteiger partial charge on any atom is -0.328 e. The number of benzene rings is 1. The summed E-state index contributed by atoms with van der Waals surface area (Å²) in [5, 5.41) is 0. The molecule has 1 aliphatic carbocycles. The van der Waals surface area contributed by atoms with Crippen LogP contribution in [0.5, 0.6) is 0 Å². The molecule has 0 atom stereocenters. The molecule has 0 saturated heterocycles. The molecule has 1 aliphatic rings. The first kappa shape index (κ1) is 17.4. The summed E-state index contributed by atoms with van der Waals surface area (Å²) >= 11 is 0. The second-order valence-electron chi connectivity index (χ2n) is 5.93. The van der Waals surface area contributed by atoms with Gasteiger partial charge in [-0.3, -0.25) is 0 Å². The molecule has 2 rings (SSSR count). The minimum absolute atomic E-state index is 0.00383. The van der Waals surface area contributed by atoms with Gasteiger partial charge in [0.15, 0.2) is 9.84 Å². The largest absolute Gasteiger partial charge is 0.328 e. The van der Waals surface area contributed by atoms with Crippen molar-refractivity contribution in [2.24, 2.45) is 5.73 Å². The van der Waals surface area contributed by atoms with Crippen molar-refractivity contribution in [3.05, 3.63) is 23.8 Å². The Labute approximate surface area is 132 Å². The number of aryl methyl sites for hydroxylation is 1. The maximum Gasteiger partial charge on any atom is 0.241 e. The molecule has 0 unspecified atom stereocenters. The Morgan fingerprint density at radius 1 is 1.09 bits per heavy atom. The third kappa shape index (κ3) is 4.07. The third-order valence-corrected chi connectivity index (χ3v) is 6.74. The molecule has 1 fully saturated rings. The highest BCUT2D eigenvalue weighted by Crippen LogP contribution is 2.23. The standard InChI is InChI=1S/C14H22N2O4S2/c1-10-3-8-13(21(2,17)18)9-14(10)22(19,20)16-12-6-4-11(15)5-7-12/h3,8-9,11-12,16H,4-7,15H2,1-2H3. The Morgan fingerprint density at radius 2 is 1.68 bits per heavy atom. The van der Waals surface area contributed by atoms with Crippen molar-refractivity contribution in [2.45, 2.75) is 54.5 Å². The number of hydrogen-bond donors (Lipinski definition) is 2. The molecule has 6 nitrogen and oxygen atoms in total. The van der Waals surface area contributed by atoms with Gasteiger partial charge in [-0.1, -0.05) is 6.07 Å². The summed E-state index contributed by atoms with van der Waals surface area (Å²) in [6.07, 6.45) is 4.03. The van der Waals surface area contributed by atoms with E-state index in [4.69, 9.17) is 5.73 Å². The normalized spacial score (nSPS) is 23.4. The van der Waals surface area contributed by atoms with Crippen LogP contribution in [0.3, 0.4) is 0 Å². The molecule has 0 radical (unpaired) electrons. The van der Waals surface area contributed by atoms with Crippen LogP contribution in [0.4, 0.5) is 0 Å². The maximum absolute atomic E-state index is 12.5. The fraction of sp³-hybridized carbons (Fsp3) is 0.571. The number of nitrogens with one attached hydrogen (secondary N) is 1. The van der Waals surface area contributed by atoms with Crippen LogP contribution in [0.2, 0.25) is 0 Å². The van der Waals surface area contributed by atoms with Crippen molar-refractivity contribution in [1.82, 2.24) is 4.72 Å². The Balaban J connectivity index is 2.29. The molecular formula is C14H22N2O4S2. The lowest BCUT2D eigenvalue weighted by Gasteiger charge is -2.26. The Bertz CT molecular complexity index is 749. The Hall–Kier alpha value is -0.960. The zero-order valence-corrected chi connectivity index (χ0v) is 14.4. The Kier molecular flexibility index (Phi) is 4.96. The SMILES string of the molecule is Cc1ccc(S(C)(=O)=O)cc1S(=O)(=O)NC1CCC(N)CC1. The number of rotatable bonds is 4. The summed E-state index contributed by atoms with van der Waals surface area (Å²) in [7, 11) is -7.20. The van der Waals surface area contributed by atoms with Gasteiger partial charge in [0.1, 0.15) is 0 Å². The highest BCUT2D eigenvalue weighted by atomic mass is 32.2. The van der Waals surface area contributed by atoms with Gasteiger partial charge >= 0.3 is 0 Å². The highest BCUT2D eigenvalue weighted by Gasteiger charge is 2.26. The fourth-order valence-corrected chi connectivity index (χ4v) is 4.92. The van der Waals surface area contributed by atoms with E-state index in [1.165, 1.54) is 18.2 Å². The summed E-state index contributed by atoms with van der Waals surface area (Å²) in [6.45, 7) is 1.65. The van der Waals surface area contributed by atoms with Gasteiger partial charge in [0.2, 0.25) is 10.0 Å². The lowest BCUT2D eigenvalue weighted by atomic mass is 9.93. The first-order chi connectivity index (χ1) is 10.1. The summed E-state index contributed by atoms with van der Waals surface area (Å²) in [5.74, 6) is 0. The predicted molar refractivity (Wildman–Crippen MR) is 84.8 cm³/mol. The van der Waals surface area contributed by atoms with E-state index < -0.39 is 19.9 Å². The minimum atomic E-state index is -3.75. The van der Waals surface area contributed by atoms with Crippen LogP contribution in [-0.4, -0.2) is 35.2 Å². The van der Waals surface area contributed by atoms with Crippen molar-refractivity contribution < 1.29 is 16.8 Å². The molecule has 0 aliphatic heterocycles. The lowest BCUT2D eigenvalue weighted by molar-refractivity contribution is 0.373. The molecule has 1 saturated carbocycles. The van der Waals surface area contributed by atoms with Crippen LogP contribution in [-0.2, 0) is 19.9 Å². The average molecular weight is 346 g/mol. The average Bonchev–Trinajstić information content (AvgIpc) is 2.40. The predicted octanol–water partition coefficient (Wildman–Crippen LogP) is 0.947. The second kappa shape index (κ2) is 6.27. The van der Waals surface area contributed by atoms with E-state index in [1.807, 2.05) is 0 Å². The monoisotopic (exact) mass is 346 g/mol. The molecule has 0 amide bonds. The van der Waals surface area contributed by atoms with Gasteiger partial charge in [-0.15, -0.1) is 0 Å². The van der Waals surface area contributed by atoms with Gasteiger partial charge in [-0.05, 0) is 50.3 Å². The molecule has 1 aromatic rings. The van der Waals surface area contributed by atoms with Gasteiger partial charge in [0.25, 0.3) is 0 Å². The Morgan fingerprint density at radius 3 is 2.23 bits per heavy atom. The summed E-state index contributed by atoms with van der Waals surface area (Å²) in [4.78, 5) is 0.0226. The van der Waals surface area contributed by atoms with Crippen molar-refractivity contribution in [3.63, 3.8) is 0 Å². The van der Waals surface area contributed by atoms with E-state index in [0.29, 0.717) is 18.4 Å². The molecule has 1 aromatic carbocycles. The van der Waals surface area contributed by atoms with Gasteiger partial charge in [-0.2, -0.15) is 0 Å². The zero-order valence-electron chi connectivity index (χ0n) is 12.7. The first-order valence-corrected chi connectivity index (χ1v) is 10.6. The van der Waals surface area contributed by atoms with Crippen LogP contribution in [0.15, 0.2) is 28.0 Å². The van der Waals surface area contributed by atoms with Gasteiger partial charge in [0, 0.05) is 18.3 Å². The van der Waals surface area contributed by atoms with E-state index >= 15 is 0 Å². The second-order valence-corrected chi connectivity index (χ2v) is 9.63. The van der Waals surface area contributed by atoms with Crippen molar-refractivity contribution in [1.29, 1.82) is 0 Å². The van der Waals surface area contributed by atoms with E-state index in [2.05, 4.69) is 4.72 Å². The molecule has 0 spiro atoms. The summed E-state index contributed by atoms with van der Waals surface area (Å²) in [5.41, 5.74) is 6.34. The molecule has 8 heteroatoms. The van der Waals surface area contributed by atoms with E-state index in [9.17, 15) is 16.8 Å². The fourth-order valence-electron chi connectivity index (χ4n) is 2.62. The molecular weight excluding hydrogens is 324 g/mol. The van der Waals surface area contributed by atoms with Gasteiger partial charge < -0.3 is 5.73 Å². The lowest BCUT2D eigenvalue weighted by Crippen LogP contribution is -2.40. The van der Waals surface area contributed by atoms with Crippen molar-refractivity contribution in [3.8, 4) is 0 Å². The van der Waals surface area contributed by atoms with Gasteiger partial charge in [0.05, 0.1) is 9.79 Å². The number of nitrogens with two attached hydrogens (primary N) is 1. The third-order valence-electron chi connectivity index (χ3n) is 3.97. The van der Waals surface area contributed by atoms with Crippen LogP contribution in [0.25, 0.3) is 0 Å². The van der Waals surface area contributed by atoms with Crippen molar-refractivity contribution >= 4 is 19.9 Å². The van der Waals surface area contributed by atoms with E-state index in [0.717, 1.165) is 19.1 Å².